The Morgan fingerprint density at radius 2 is 2.38 bits per heavy atom. The molecule has 0 aliphatic carbocycles. The molecule has 0 aliphatic rings. The molecule has 0 radical (unpaired) electrons. The maximum atomic E-state index is 9.81. The number of thiophene rings is 1. The van der Waals surface area contributed by atoms with Crippen molar-refractivity contribution in [3.8, 4) is 0 Å². The van der Waals surface area contributed by atoms with E-state index in [9.17, 15) is 5.11 Å². The molecule has 1 aromatic rings. The van der Waals surface area contributed by atoms with Gasteiger partial charge in [0, 0.05) is 4.88 Å². The molecule has 0 saturated heterocycles. The molecule has 0 amide bonds. The van der Waals surface area contributed by atoms with E-state index in [-0.39, 0.29) is 6.10 Å². The van der Waals surface area contributed by atoms with Crippen molar-refractivity contribution in [2.75, 3.05) is 11.5 Å². The van der Waals surface area contributed by atoms with Gasteiger partial charge in [-0.15, -0.1) is 11.3 Å². The van der Waals surface area contributed by atoms with Gasteiger partial charge in [-0.1, -0.05) is 6.92 Å². The van der Waals surface area contributed by atoms with E-state index >= 15 is 0 Å². The van der Waals surface area contributed by atoms with Crippen molar-refractivity contribution in [2.45, 2.75) is 26.4 Å². The molecule has 1 heterocycles. The van der Waals surface area contributed by atoms with Crippen molar-refractivity contribution in [3.05, 3.63) is 21.9 Å². The molecule has 0 spiro atoms. The maximum Gasteiger partial charge on any atom is 0.0892 e. The molecule has 1 atom stereocenters. The summed E-state index contributed by atoms with van der Waals surface area (Å²) in [7, 11) is 0. The standard InChI is InChI=1S/C10H16OS2/c1-3-12-6-5-9(11)10-8(2)4-7-13-10/h4,7,9,11H,3,5-6H2,1-2H3. The molecule has 0 saturated carbocycles. The van der Waals surface area contributed by atoms with Crippen molar-refractivity contribution < 1.29 is 5.11 Å². The second-order valence-corrected chi connectivity index (χ2v) is 5.31. The third-order valence-electron chi connectivity index (χ3n) is 1.94. The Labute approximate surface area is 88.2 Å². The van der Waals surface area contributed by atoms with E-state index < -0.39 is 0 Å². The third-order valence-corrected chi connectivity index (χ3v) is 4.00. The number of aliphatic hydroxyl groups excluding tert-OH is 1. The Morgan fingerprint density at radius 3 is 2.92 bits per heavy atom. The minimum absolute atomic E-state index is 0.251. The molecule has 74 valence electrons. The second kappa shape index (κ2) is 5.68. The fraction of sp³-hybridized carbons (Fsp3) is 0.600. The van der Waals surface area contributed by atoms with Crippen LogP contribution in [0, 0.1) is 6.92 Å². The number of hydrogen-bond acceptors (Lipinski definition) is 3. The van der Waals surface area contributed by atoms with Crippen LogP contribution in [0.5, 0.6) is 0 Å². The molecule has 3 heteroatoms. The van der Waals surface area contributed by atoms with Crippen molar-refractivity contribution in [1.29, 1.82) is 0 Å². The monoisotopic (exact) mass is 216 g/mol. The summed E-state index contributed by atoms with van der Waals surface area (Å²) in [5.74, 6) is 2.19. The van der Waals surface area contributed by atoms with Crippen LogP contribution in [0.3, 0.4) is 0 Å². The Balaban J connectivity index is 2.39. The zero-order chi connectivity index (χ0) is 9.68. The van der Waals surface area contributed by atoms with Gasteiger partial charge in [0.2, 0.25) is 0 Å². The Bertz CT molecular complexity index is 245. The molecule has 1 rings (SSSR count). The number of rotatable bonds is 5. The molecule has 1 nitrogen and oxygen atoms in total. The van der Waals surface area contributed by atoms with E-state index in [1.807, 2.05) is 17.1 Å². The first kappa shape index (κ1) is 11.1. The zero-order valence-corrected chi connectivity index (χ0v) is 9.75. The summed E-state index contributed by atoms with van der Waals surface area (Å²) in [5.41, 5.74) is 1.22. The van der Waals surface area contributed by atoms with Crippen molar-refractivity contribution >= 4 is 23.1 Å². The Morgan fingerprint density at radius 1 is 1.62 bits per heavy atom. The van der Waals surface area contributed by atoms with Gasteiger partial charge < -0.3 is 5.11 Å². The highest BCUT2D eigenvalue weighted by Gasteiger charge is 2.10. The fourth-order valence-corrected chi connectivity index (χ4v) is 2.82. The first-order chi connectivity index (χ1) is 6.25. The summed E-state index contributed by atoms with van der Waals surface area (Å²) in [5, 5.41) is 11.9. The quantitative estimate of drug-likeness (QED) is 0.763. The predicted molar refractivity (Wildman–Crippen MR) is 61.6 cm³/mol. The number of aliphatic hydroxyl groups is 1. The number of aryl methyl sites for hydroxylation is 1. The topological polar surface area (TPSA) is 20.2 Å². The van der Waals surface area contributed by atoms with Gasteiger partial charge in [-0.25, -0.2) is 0 Å². The van der Waals surface area contributed by atoms with Crippen LogP contribution in [0.1, 0.15) is 29.9 Å². The average molecular weight is 216 g/mol. The van der Waals surface area contributed by atoms with Gasteiger partial charge in [0.25, 0.3) is 0 Å². The van der Waals surface area contributed by atoms with Crippen LogP contribution in [0.2, 0.25) is 0 Å². The minimum Gasteiger partial charge on any atom is -0.388 e. The highest BCUT2D eigenvalue weighted by atomic mass is 32.2. The van der Waals surface area contributed by atoms with Gasteiger partial charge in [0.15, 0.2) is 0 Å². The van der Waals surface area contributed by atoms with Crippen molar-refractivity contribution in [2.24, 2.45) is 0 Å². The van der Waals surface area contributed by atoms with Gasteiger partial charge in [-0.2, -0.15) is 11.8 Å². The lowest BCUT2D eigenvalue weighted by Gasteiger charge is -2.08. The molecule has 1 aromatic heterocycles. The van der Waals surface area contributed by atoms with Crippen LogP contribution in [0.25, 0.3) is 0 Å². The summed E-state index contributed by atoms with van der Waals surface area (Å²) >= 11 is 3.54. The summed E-state index contributed by atoms with van der Waals surface area (Å²) in [6, 6.07) is 2.07. The molecule has 1 N–H and O–H groups in total. The van der Waals surface area contributed by atoms with Crippen LogP contribution in [-0.2, 0) is 0 Å². The van der Waals surface area contributed by atoms with E-state index in [1.165, 1.54) is 5.56 Å². The summed E-state index contributed by atoms with van der Waals surface area (Å²) < 4.78 is 0. The first-order valence-electron chi connectivity index (χ1n) is 4.55. The Kier molecular flexibility index (Phi) is 4.84. The summed E-state index contributed by atoms with van der Waals surface area (Å²) in [6.07, 6.45) is 0.624. The van der Waals surface area contributed by atoms with Crippen LogP contribution in [-0.4, -0.2) is 16.6 Å². The lowest BCUT2D eigenvalue weighted by Crippen LogP contribution is -1.98. The van der Waals surface area contributed by atoms with Crippen LogP contribution >= 0.6 is 23.1 Å². The highest BCUT2D eigenvalue weighted by Crippen LogP contribution is 2.26. The fourth-order valence-electron chi connectivity index (χ4n) is 1.20. The van der Waals surface area contributed by atoms with E-state index in [0.29, 0.717) is 0 Å². The van der Waals surface area contributed by atoms with Gasteiger partial charge in [-0.3, -0.25) is 0 Å². The van der Waals surface area contributed by atoms with Crippen LogP contribution < -0.4 is 0 Å². The predicted octanol–water partition coefficient (Wildman–Crippen LogP) is 3.23. The molecular formula is C10H16OS2. The van der Waals surface area contributed by atoms with E-state index in [4.69, 9.17) is 0 Å². The lowest BCUT2D eigenvalue weighted by molar-refractivity contribution is 0.178. The minimum atomic E-state index is -0.251. The molecule has 0 aromatic carbocycles. The van der Waals surface area contributed by atoms with Crippen molar-refractivity contribution in [1.82, 2.24) is 0 Å². The Hall–Kier alpha value is 0.0100. The molecule has 1 unspecified atom stereocenters. The van der Waals surface area contributed by atoms with Crippen molar-refractivity contribution in [3.63, 3.8) is 0 Å². The summed E-state index contributed by atoms with van der Waals surface area (Å²) in [6.45, 7) is 4.20. The third kappa shape index (κ3) is 3.33. The average Bonchev–Trinajstić information content (AvgIpc) is 2.52. The smallest absolute Gasteiger partial charge is 0.0892 e. The first-order valence-corrected chi connectivity index (χ1v) is 6.59. The van der Waals surface area contributed by atoms with Gasteiger partial charge in [0.05, 0.1) is 6.10 Å². The van der Waals surface area contributed by atoms with Crippen LogP contribution in [0.4, 0.5) is 0 Å². The van der Waals surface area contributed by atoms with Gasteiger partial charge in [-0.05, 0) is 41.9 Å². The number of thioether (sulfide) groups is 1. The van der Waals surface area contributed by atoms with E-state index in [2.05, 4.69) is 19.9 Å². The van der Waals surface area contributed by atoms with Gasteiger partial charge in [0.1, 0.15) is 0 Å². The van der Waals surface area contributed by atoms with E-state index in [0.717, 1.165) is 22.8 Å². The SMILES string of the molecule is CCSCCC(O)c1sccc1C. The molecule has 0 fully saturated rings. The lowest BCUT2D eigenvalue weighted by atomic mass is 10.2. The zero-order valence-electron chi connectivity index (χ0n) is 8.12. The second-order valence-electron chi connectivity index (χ2n) is 2.97. The molecule has 0 aliphatic heterocycles. The normalized spacial score (nSPS) is 13.2. The molecular weight excluding hydrogens is 200 g/mol. The molecule has 13 heavy (non-hydrogen) atoms. The van der Waals surface area contributed by atoms with Crippen LogP contribution in [0.15, 0.2) is 11.4 Å². The van der Waals surface area contributed by atoms with E-state index in [1.54, 1.807) is 11.3 Å². The van der Waals surface area contributed by atoms with Gasteiger partial charge >= 0.3 is 0 Å². The highest BCUT2D eigenvalue weighted by molar-refractivity contribution is 7.99. The maximum absolute atomic E-state index is 9.81. The number of hydrogen-bond donors (Lipinski definition) is 1. The summed E-state index contributed by atoms with van der Waals surface area (Å²) in [4.78, 5) is 1.14. The largest absolute Gasteiger partial charge is 0.388 e. The molecule has 0 bridgehead atoms.